The molecular formula is C38H42N4O9. The molecule has 0 atom stereocenters. The van der Waals surface area contributed by atoms with Crippen LogP contribution in [-0.4, -0.2) is 84.0 Å². The fraction of sp³-hybridized carbons (Fsp3) is 0.368. The average molecular weight is 699 g/mol. The van der Waals surface area contributed by atoms with E-state index in [0.29, 0.717) is 72.7 Å². The summed E-state index contributed by atoms with van der Waals surface area (Å²) in [5, 5.41) is 10.5. The van der Waals surface area contributed by atoms with Crippen LogP contribution < -0.4 is 0 Å². The third-order valence-corrected chi connectivity index (χ3v) is 9.52. The molecule has 3 aromatic rings. The Bertz CT molecular complexity index is 2150. The number of aliphatic hydroxyl groups excluding tert-OH is 1. The minimum atomic E-state index is -0.497. The molecule has 268 valence electrons. The first-order valence-corrected chi connectivity index (χ1v) is 16.5. The highest BCUT2D eigenvalue weighted by molar-refractivity contribution is 5.96. The molecule has 0 fully saturated rings. The van der Waals surface area contributed by atoms with E-state index in [9.17, 15) is 24.3 Å². The van der Waals surface area contributed by atoms with Gasteiger partial charge in [-0.15, -0.1) is 0 Å². The summed E-state index contributed by atoms with van der Waals surface area (Å²) in [5.41, 5.74) is 10.6. The van der Waals surface area contributed by atoms with Gasteiger partial charge in [-0.2, -0.15) is 0 Å². The zero-order valence-electron chi connectivity index (χ0n) is 29.9. The van der Waals surface area contributed by atoms with Gasteiger partial charge < -0.3 is 34.0 Å². The number of aliphatic hydroxyl groups is 1. The van der Waals surface area contributed by atoms with Crippen LogP contribution in [0.15, 0.2) is 24.3 Å². The number of aromatic nitrogens is 4. The Kier molecular flexibility index (Phi) is 11.2. The summed E-state index contributed by atoms with van der Waals surface area (Å²) >= 11 is 0. The highest BCUT2D eigenvalue weighted by Crippen LogP contribution is 2.35. The molecule has 0 saturated heterocycles. The molecule has 5 heterocycles. The maximum absolute atomic E-state index is 12.8. The van der Waals surface area contributed by atoms with Crippen molar-refractivity contribution in [2.45, 2.75) is 59.3 Å². The minimum Gasteiger partial charge on any atom is -0.469 e. The van der Waals surface area contributed by atoms with E-state index in [4.69, 9.17) is 28.9 Å². The Morgan fingerprint density at radius 2 is 0.941 bits per heavy atom. The smallest absolute Gasteiger partial charge is 0.310 e. The van der Waals surface area contributed by atoms with E-state index in [-0.39, 0.29) is 45.1 Å². The molecule has 0 amide bonds. The zero-order chi connectivity index (χ0) is 37.0. The lowest BCUT2D eigenvalue weighted by Gasteiger charge is -2.06. The molecule has 13 heteroatoms. The number of aromatic amines is 2. The van der Waals surface area contributed by atoms with Crippen LogP contribution in [0.1, 0.15) is 78.6 Å². The van der Waals surface area contributed by atoms with Crippen molar-refractivity contribution in [1.82, 2.24) is 19.9 Å². The maximum atomic E-state index is 12.8. The third-order valence-electron chi connectivity index (χ3n) is 9.52. The molecule has 51 heavy (non-hydrogen) atoms. The second kappa shape index (κ2) is 15.5. The molecule has 0 aromatic carbocycles. The number of hydrogen-bond donors (Lipinski definition) is 3. The predicted octanol–water partition coefficient (Wildman–Crippen LogP) is 4.83. The first-order valence-electron chi connectivity index (χ1n) is 16.5. The molecular weight excluding hydrogens is 656 g/mol. The second-order valence-corrected chi connectivity index (χ2v) is 12.3. The quantitative estimate of drug-likeness (QED) is 0.184. The Hall–Kier alpha value is -5.56. The van der Waals surface area contributed by atoms with Gasteiger partial charge in [-0.3, -0.25) is 19.2 Å². The Labute approximate surface area is 294 Å². The molecule has 8 bridgehead atoms. The summed E-state index contributed by atoms with van der Waals surface area (Å²) < 4.78 is 20.0. The van der Waals surface area contributed by atoms with E-state index in [1.165, 1.54) is 28.4 Å². The van der Waals surface area contributed by atoms with Gasteiger partial charge in [-0.1, -0.05) is 0 Å². The van der Waals surface area contributed by atoms with Gasteiger partial charge in [0.2, 0.25) is 0 Å². The monoisotopic (exact) mass is 698 g/mol. The molecule has 3 N–H and O–H groups in total. The number of fused-ring (bicyclic) bond motifs is 8. The van der Waals surface area contributed by atoms with E-state index in [1.807, 2.05) is 39.0 Å². The number of methoxy groups -OCH3 is 4. The summed E-state index contributed by atoms with van der Waals surface area (Å²) in [7, 11) is 5.24. The van der Waals surface area contributed by atoms with Crippen molar-refractivity contribution in [2.75, 3.05) is 35.0 Å². The van der Waals surface area contributed by atoms with Crippen molar-refractivity contribution in [1.29, 1.82) is 0 Å². The first kappa shape index (κ1) is 36.7. The van der Waals surface area contributed by atoms with Gasteiger partial charge in [-0.25, -0.2) is 9.97 Å². The van der Waals surface area contributed by atoms with Crippen LogP contribution in [0.4, 0.5) is 0 Å². The van der Waals surface area contributed by atoms with E-state index >= 15 is 0 Å². The summed E-state index contributed by atoms with van der Waals surface area (Å²) in [6.07, 6.45) is 0.283. The molecule has 0 radical (unpaired) electrons. The lowest BCUT2D eigenvalue weighted by Crippen LogP contribution is -2.08. The molecule has 13 nitrogen and oxygen atoms in total. The van der Waals surface area contributed by atoms with Crippen LogP contribution in [0.2, 0.25) is 0 Å². The largest absolute Gasteiger partial charge is 0.469 e. The predicted molar refractivity (Wildman–Crippen MR) is 191 cm³/mol. The fourth-order valence-corrected chi connectivity index (χ4v) is 6.40. The van der Waals surface area contributed by atoms with E-state index in [2.05, 4.69) is 9.97 Å². The number of ether oxygens (including phenoxy) is 4. The zero-order valence-corrected chi connectivity index (χ0v) is 29.9. The van der Waals surface area contributed by atoms with Gasteiger partial charge in [0.15, 0.2) is 0 Å². The van der Waals surface area contributed by atoms with Crippen molar-refractivity contribution in [3.05, 3.63) is 69.3 Å². The fourth-order valence-electron chi connectivity index (χ4n) is 6.40. The number of esters is 4. The van der Waals surface area contributed by atoms with E-state index in [0.717, 1.165) is 16.7 Å². The number of hydrogen-bond acceptors (Lipinski definition) is 11. The Morgan fingerprint density at radius 3 is 1.39 bits per heavy atom. The van der Waals surface area contributed by atoms with Crippen molar-refractivity contribution in [2.24, 2.45) is 0 Å². The third kappa shape index (κ3) is 7.63. The lowest BCUT2D eigenvalue weighted by atomic mass is 10.00. The number of H-pyrrole nitrogens is 2. The summed E-state index contributed by atoms with van der Waals surface area (Å²) in [6.45, 7) is 5.54. The van der Waals surface area contributed by atoms with Crippen LogP contribution in [0.3, 0.4) is 0 Å². The van der Waals surface area contributed by atoms with Crippen LogP contribution >= 0.6 is 0 Å². The highest BCUT2D eigenvalue weighted by Gasteiger charge is 2.23. The number of aryl methyl sites for hydroxylation is 2. The van der Waals surface area contributed by atoms with Crippen molar-refractivity contribution < 1.29 is 43.2 Å². The van der Waals surface area contributed by atoms with Crippen molar-refractivity contribution in [3.8, 4) is 0 Å². The normalized spacial score (nSPS) is 12.6. The lowest BCUT2D eigenvalue weighted by molar-refractivity contribution is -0.141. The molecule has 2 aliphatic rings. The second-order valence-electron chi connectivity index (χ2n) is 12.3. The van der Waals surface area contributed by atoms with Crippen LogP contribution in [0.5, 0.6) is 0 Å². The Balaban J connectivity index is 2.00. The van der Waals surface area contributed by atoms with Crippen molar-refractivity contribution >= 4 is 68.2 Å². The molecule has 3 aromatic heterocycles. The molecule has 0 aliphatic carbocycles. The highest BCUT2D eigenvalue weighted by atomic mass is 16.5. The van der Waals surface area contributed by atoms with Crippen LogP contribution in [0.25, 0.3) is 44.4 Å². The minimum absolute atomic E-state index is 0.0213. The standard InChI is InChI=1S/C38H42N4O9/c1-19-20(2)28-15-32-24(12-37(46)50-6)22(8-10-35(44)48-4)30(41-32)16-31-23(9-11-36(45)49-5)25(13-38(47)51-7)33(42-31)17-34-26(18-43)21(3)29(40-34)14-27(19)39-28/h14-17,41-43H,8-13,18H2,1-7H3. The molecule has 0 unspecified atom stereocenters. The Morgan fingerprint density at radius 1 is 0.549 bits per heavy atom. The van der Waals surface area contributed by atoms with Crippen LogP contribution in [-0.2, 0) is 63.8 Å². The van der Waals surface area contributed by atoms with Gasteiger partial charge in [0, 0.05) is 40.5 Å². The van der Waals surface area contributed by atoms with Gasteiger partial charge in [-0.05, 0) is 96.9 Å². The topological polar surface area (TPSA) is 183 Å². The molecule has 5 rings (SSSR count). The van der Waals surface area contributed by atoms with Gasteiger partial charge >= 0.3 is 23.9 Å². The number of carbonyl (C=O) groups excluding carboxylic acids is 4. The average Bonchev–Trinajstić information content (AvgIpc) is 3.79. The van der Waals surface area contributed by atoms with Gasteiger partial charge in [0.05, 0.1) is 70.7 Å². The first-order chi connectivity index (χ1) is 24.4. The van der Waals surface area contributed by atoms with Gasteiger partial charge in [0.1, 0.15) is 0 Å². The number of allylic oxidation sites excluding steroid dienone is 3. The molecule has 0 saturated carbocycles. The van der Waals surface area contributed by atoms with E-state index in [1.54, 1.807) is 6.07 Å². The number of rotatable bonds is 11. The number of nitrogens with zero attached hydrogens (tertiary/aromatic N) is 2. The SMILES string of the molecule is COC(=O)CCc1c(CC(=O)OC)c2cc3nc(cc4nc(cc5[nH]c(cc1[nH]2)c(CCC(=O)OC)c5CC(=O)OC)C(CO)=C4C)C(C)=C3C. The molecule has 0 spiro atoms. The van der Waals surface area contributed by atoms with E-state index < -0.39 is 23.9 Å². The van der Waals surface area contributed by atoms with Gasteiger partial charge in [0.25, 0.3) is 0 Å². The number of nitrogens with one attached hydrogen (secondary N) is 2. The van der Waals surface area contributed by atoms with Crippen molar-refractivity contribution in [3.63, 3.8) is 0 Å². The number of carbonyl (C=O) groups is 4. The molecule has 2 aliphatic heterocycles. The summed E-state index contributed by atoms with van der Waals surface area (Å²) in [6, 6.07) is 7.35. The summed E-state index contributed by atoms with van der Waals surface area (Å²) in [4.78, 5) is 67.2. The van der Waals surface area contributed by atoms with Crippen LogP contribution in [0, 0.1) is 0 Å². The maximum Gasteiger partial charge on any atom is 0.310 e. The summed E-state index contributed by atoms with van der Waals surface area (Å²) in [5.74, 6) is -1.83.